The third-order valence-electron chi connectivity index (χ3n) is 3.54. The molecule has 7 nitrogen and oxygen atoms in total. The van der Waals surface area contributed by atoms with Gasteiger partial charge in [0.15, 0.2) is 11.5 Å². The highest BCUT2D eigenvalue weighted by molar-refractivity contribution is 5.96. The molecule has 1 rings (SSSR count). The van der Waals surface area contributed by atoms with Gasteiger partial charge in [-0.2, -0.15) is 0 Å². The number of ketones is 1. The van der Waals surface area contributed by atoms with Crippen molar-refractivity contribution in [1.29, 1.82) is 0 Å². The molecule has 0 unspecified atom stereocenters. The molecule has 0 atom stereocenters. The van der Waals surface area contributed by atoms with Gasteiger partial charge < -0.3 is 9.47 Å². The zero-order valence-corrected chi connectivity index (χ0v) is 14.1. The highest BCUT2D eigenvalue weighted by Crippen LogP contribution is 2.28. The summed E-state index contributed by atoms with van der Waals surface area (Å²) in [6.07, 6.45) is 3.80. The van der Waals surface area contributed by atoms with Gasteiger partial charge in [-0.05, 0) is 31.9 Å². The second kappa shape index (κ2) is 10.4. The standard InChI is InChI=1S/C17H23NO6/c1-3-24-17(20)9-7-5-4-6-8-15(19)13-10-11-16(23-2)14(12-13)18(21)22/h10-12H,3-9H2,1-2H3. The van der Waals surface area contributed by atoms with Crippen molar-refractivity contribution < 1.29 is 24.0 Å². The van der Waals surface area contributed by atoms with Crippen LogP contribution >= 0.6 is 0 Å². The van der Waals surface area contributed by atoms with Crippen molar-refractivity contribution in [1.82, 2.24) is 0 Å². The average molecular weight is 337 g/mol. The van der Waals surface area contributed by atoms with E-state index in [4.69, 9.17) is 9.47 Å². The SMILES string of the molecule is CCOC(=O)CCCCCCC(=O)c1ccc(OC)c([N+](=O)[O-])c1. The van der Waals surface area contributed by atoms with E-state index in [9.17, 15) is 19.7 Å². The van der Waals surface area contributed by atoms with E-state index >= 15 is 0 Å². The molecule has 0 radical (unpaired) electrons. The molecule has 0 amide bonds. The molecule has 132 valence electrons. The van der Waals surface area contributed by atoms with Crippen LogP contribution in [0.15, 0.2) is 18.2 Å². The summed E-state index contributed by atoms with van der Waals surface area (Å²) in [5, 5.41) is 11.0. The first kappa shape index (κ1) is 19.6. The van der Waals surface area contributed by atoms with E-state index in [0.29, 0.717) is 31.4 Å². The molecule has 0 aliphatic carbocycles. The first-order valence-electron chi connectivity index (χ1n) is 8.00. The Hall–Kier alpha value is -2.44. The fraction of sp³-hybridized carbons (Fsp3) is 0.529. The van der Waals surface area contributed by atoms with Crippen molar-refractivity contribution >= 4 is 17.4 Å². The van der Waals surface area contributed by atoms with Crippen molar-refractivity contribution in [2.45, 2.75) is 45.4 Å². The molecule has 0 aromatic heterocycles. The number of methoxy groups -OCH3 is 1. The summed E-state index contributed by atoms with van der Waals surface area (Å²) in [4.78, 5) is 33.7. The lowest BCUT2D eigenvalue weighted by atomic mass is 10.0. The molecule has 0 N–H and O–H groups in total. The Kier molecular flexibility index (Phi) is 8.46. The van der Waals surface area contributed by atoms with E-state index in [1.807, 2.05) is 0 Å². The maximum absolute atomic E-state index is 12.1. The monoisotopic (exact) mass is 337 g/mol. The van der Waals surface area contributed by atoms with Crippen LogP contribution in [0.25, 0.3) is 0 Å². The lowest BCUT2D eigenvalue weighted by Gasteiger charge is -2.05. The Labute approximate surface area is 141 Å². The maximum Gasteiger partial charge on any atom is 0.311 e. The van der Waals surface area contributed by atoms with Crippen LogP contribution in [0.4, 0.5) is 5.69 Å². The highest BCUT2D eigenvalue weighted by Gasteiger charge is 2.17. The second-order valence-corrected chi connectivity index (χ2v) is 5.29. The Morgan fingerprint density at radius 2 is 1.79 bits per heavy atom. The minimum atomic E-state index is -0.564. The number of esters is 1. The van der Waals surface area contributed by atoms with Gasteiger partial charge in [0.25, 0.3) is 0 Å². The van der Waals surface area contributed by atoms with Crippen molar-refractivity contribution in [3.05, 3.63) is 33.9 Å². The number of carbonyl (C=O) groups is 2. The van der Waals surface area contributed by atoms with E-state index < -0.39 is 4.92 Å². The number of unbranched alkanes of at least 4 members (excludes halogenated alkanes) is 3. The van der Waals surface area contributed by atoms with Crippen LogP contribution in [0, 0.1) is 10.1 Å². The number of Topliss-reactive ketones (excluding diaryl/α,β-unsaturated/α-hetero) is 1. The van der Waals surface area contributed by atoms with Gasteiger partial charge in [-0.15, -0.1) is 0 Å². The van der Waals surface area contributed by atoms with Gasteiger partial charge >= 0.3 is 11.7 Å². The summed E-state index contributed by atoms with van der Waals surface area (Å²) < 4.78 is 9.75. The summed E-state index contributed by atoms with van der Waals surface area (Å²) in [5.41, 5.74) is 0.104. The van der Waals surface area contributed by atoms with Gasteiger partial charge in [-0.25, -0.2) is 0 Å². The van der Waals surface area contributed by atoms with Crippen LogP contribution in [-0.4, -0.2) is 30.4 Å². The third kappa shape index (κ3) is 6.36. The van der Waals surface area contributed by atoms with Crippen molar-refractivity contribution in [3.8, 4) is 5.75 Å². The van der Waals surface area contributed by atoms with E-state index in [2.05, 4.69) is 0 Å². The average Bonchev–Trinajstić information content (AvgIpc) is 2.57. The number of ether oxygens (including phenoxy) is 2. The second-order valence-electron chi connectivity index (χ2n) is 5.29. The van der Waals surface area contributed by atoms with Gasteiger partial charge in [0.05, 0.1) is 18.6 Å². The zero-order valence-electron chi connectivity index (χ0n) is 14.1. The van der Waals surface area contributed by atoms with Gasteiger partial charge in [-0.1, -0.05) is 12.8 Å². The predicted octanol–water partition coefficient (Wildman–Crippen LogP) is 3.69. The Balaban J connectivity index is 2.39. The Morgan fingerprint density at radius 1 is 1.12 bits per heavy atom. The molecule has 0 aliphatic heterocycles. The summed E-state index contributed by atoms with van der Waals surface area (Å²) in [6, 6.07) is 4.22. The van der Waals surface area contributed by atoms with E-state index in [0.717, 1.165) is 19.3 Å². The normalized spacial score (nSPS) is 10.2. The summed E-state index contributed by atoms with van der Waals surface area (Å²) in [5.74, 6) is -0.194. The smallest absolute Gasteiger partial charge is 0.311 e. The number of nitrogens with zero attached hydrogens (tertiary/aromatic N) is 1. The van der Waals surface area contributed by atoms with Crippen LogP contribution < -0.4 is 4.74 Å². The van der Waals surface area contributed by atoms with Crippen molar-refractivity contribution in [2.24, 2.45) is 0 Å². The maximum atomic E-state index is 12.1. The molecule has 1 aromatic carbocycles. The highest BCUT2D eigenvalue weighted by atomic mass is 16.6. The molecule has 0 aliphatic rings. The molecule has 0 saturated carbocycles. The predicted molar refractivity (Wildman–Crippen MR) is 88.3 cm³/mol. The van der Waals surface area contributed by atoms with Crippen molar-refractivity contribution in [2.75, 3.05) is 13.7 Å². The van der Waals surface area contributed by atoms with Crippen LogP contribution in [0.3, 0.4) is 0 Å². The number of hydrogen-bond donors (Lipinski definition) is 0. The molecule has 0 heterocycles. The number of nitro benzene ring substituents is 1. The van der Waals surface area contributed by atoms with E-state index in [1.54, 1.807) is 6.92 Å². The summed E-state index contributed by atoms with van der Waals surface area (Å²) in [6.45, 7) is 2.16. The van der Waals surface area contributed by atoms with E-state index in [1.165, 1.54) is 25.3 Å². The van der Waals surface area contributed by atoms with Crippen LogP contribution in [0.5, 0.6) is 5.75 Å². The third-order valence-corrected chi connectivity index (χ3v) is 3.54. The van der Waals surface area contributed by atoms with Gasteiger partial charge in [0.2, 0.25) is 0 Å². The molecule has 1 aromatic rings. The minimum Gasteiger partial charge on any atom is -0.490 e. The van der Waals surface area contributed by atoms with Crippen LogP contribution in [-0.2, 0) is 9.53 Å². The molecular weight excluding hydrogens is 314 g/mol. The Bertz CT molecular complexity index is 584. The zero-order chi connectivity index (χ0) is 17.9. The number of hydrogen-bond acceptors (Lipinski definition) is 6. The van der Waals surface area contributed by atoms with Gasteiger partial charge in [-0.3, -0.25) is 19.7 Å². The topological polar surface area (TPSA) is 95.7 Å². The lowest BCUT2D eigenvalue weighted by Crippen LogP contribution is -2.03. The first-order valence-corrected chi connectivity index (χ1v) is 8.00. The van der Waals surface area contributed by atoms with Crippen molar-refractivity contribution in [3.63, 3.8) is 0 Å². The molecule has 7 heteroatoms. The van der Waals surface area contributed by atoms with Gasteiger partial charge in [0, 0.05) is 24.5 Å². The Morgan fingerprint density at radius 3 is 2.38 bits per heavy atom. The molecular formula is C17H23NO6. The number of nitro groups is 1. The van der Waals surface area contributed by atoms with E-state index in [-0.39, 0.29) is 23.2 Å². The fourth-order valence-electron chi connectivity index (χ4n) is 2.29. The molecule has 0 saturated heterocycles. The summed E-state index contributed by atoms with van der Waals surface area (Å²) in [7, 11) is 1.35. The van der Waals surface area contributed by atoms with Gasteiger partial charge in [0.1, 0.15) is 0 Å². The fourth-order valence-corrected chi connectivity index (χ4v) is 2.29. The first-order chi connectivity index (χ1) is 11.5. The molecule has 24 heavy (non-hydrogen) atoms. The molecule has 0 spiro atoms. The number of carbonyl (C=O) groups excluding carboxylic acids is 2. The van der Waals surface area contributed by atoms with Crippen LogP contribution in [0.2, 0.25) is 0 Å². The molecule has 0 fully saturated rings. The minimum absolute atomic E-state index is 0.133. The summed E-state index contributed by atoms with van der Waals surface area (Å²) >= 11 is 0. The quantitative estimate of drug-likeness (QED) is 0.201. The largest absolute Gasteiger partial charge is 0.490 e. The number of benzene rings is 1. The number of rotatable bonds is 11. The van der Waals surface area contributed by atoms with Crippen LogP contribution in [0.1, 0.15) is 55.8 Å². The lowest BCUT2D eigenvalue weighted by molar-refractivity contribution is -0.385. The molecule has 0 bridgehead atoms.